The summed E-state index contributed by atoms with van der Waals surface area (Å²) < 4.78 is 6.15. The number of piperidine rings is 1. The van der Waals surface area contributed by atoms with Gasteiger partial charge in [-0.3, -0.25) is 14.6 Å². The number of likely N-dealkylation sites (tertiary alicyclic amines) is 2. The van der Waals surface area contributed by atoms with E-state index in [1.807, 2.05) is 65.3 Å². The zero-order valence-electron chi connectivity index (χ0n) is 20.0. The average Bonchev–Trinajstić information content (AvgIpc) is 3.29. The van der Waals surface area contributed by atoms with Crippen LogP contribution in [0.15, 0.2) is 60.9 Å². The lowest BCUT2D eigenvalue weighted by Crippen LogP contribution is -2.39. The molecule has 0 radical (unpaired) electrons. The maximum absolute atomic E-state index is 13.4. The summed E-state index contributed by atoms with van der Waals surface area (Å²) in [7, 11) is 0. The second kappa shape index (κ2) is 10.3. The first kappa shape index (κ1) is 23.0. The van der Waals surface area contributed by atoms with Crippen LogP contribution in [0.3, 0.4) is 0 Å². The summed E-state index contributed by atoms with van der Waals surface area (Å²) in [6.07, 6.45) is 6.65. The second-order valence-corrected chi connectivity index (χ2v) is 9.32. The molecule has 1 aromatic heterocycles. The van der Waals surface area contributed by atoms with Gasteiger partial charge in [0.15, 0.2) is 0 Å². The van der Waals surface area contributed by atoms with Crippen LogP contribution in [0.4, 0.5) is 0 Å². The van der Waals surface area contributed by atoms with E-state index in [-0.39, 0.29) is 17.7 Å². The van der Waals surface area contributed by atoms with E-state index in [1.54, 1.807) is 12.4 Å². The number of amides is 2. The summed E-state index contributed by atoms with van der Waals surface area (Å²) >= 11 is 0. The predicted molar refractivity (Wildman–Crippen MR) is 132 cm³/mol. The minimum atomic E-state index is 0.00885. The molecule has 180 valence electrons. The summed E-state index contributed by atoms with van der Waals surface area (Å²) in [6, 6.07) is 15.5. The lowest BCUT2D eigenvalue weighted by molar-refractivity contribution is -0.128. The first-order valence-electron chi connectivity index (χ1n) is 12.3. The van der Waals surface area contributed by atoms with Gasteiger partial charge >= 0.3 is 0 Å². The fourth-order valence-corrected chi connectivity index (χ4v) is 4.93. The number of aryl methyl sites for hydroxylation is 1. The van der Waals surface area contributed by atoms with Crippen molar-refractivity contribution in [3.8, 4) is 11.6 Å². The Morgan fingerprint density at radius 2 is 1.91 bits per heavy atom. The van der Waals surface area contributed by atoms with Gasteiger partial charge in [-0.2, -0.15) is 0 Å². The average molecular weight is 471 g/mol. The number of carbonyl (C=O) groups excluding carboxylic acids is 2. The number of rotatable bonds is 6. The van der Waals surface area contributed by atoms with Gasteiger partial charge in [-0.05, 0) is 55.5 Å². The van der Waals surface area contributed by atoms with Crippen LogP contribution in [-0.2, 0) is 11.3 Å². The lowest BCUT2D eigenvalue weighted by atomic mass is 9.94. The Morgan fingerprint density at radius 3 is 2.74 bits per heavy atom. The molecular weight excluding hydrogens is 440 g/mol. The molecule has 0 bridgehead atoms. The van der Waals surface area contributed by atoms with E-state index in [4.69, 9.17) is 4.74 Å². The summed E-state index contributed by atoms with van der Waals surface area (Å²) in [5.74, 6) is 1.50. The Balaban J connectivity index is 1.31. The van der Waals surface area contributed by atoms with Crippen LogP contribution in [0.1, 0.15) is 58.8 Å². The monoisotopic (exact) mass is 470 g/mol. The van der Waals surface area contributed by atoms with Gasteiger partial charge in [-0.25, -0.2) is 4.98 Å². The number of ether oxygens (including phenoxy) is 1. The van der Waals surface area contributed by atoms with Gasteiger partial charge in [0.25, 0.3) is 5.91 Å². The fraction of sp³-hybridized carbons (Fsp3) is 0.357. The van der Waals surface area contributed by atoms with Crippen molar-refractivity contribution in [1.29, 1.82) is 0 Å². The third-order valence-corrected chi connectivity index (χ3v) is 6.81. The molecule has 2 saturated heterocycles. The van der Waals surface area contributed by atoms with E-state index >= 15 is 0 Å². The van der Waals surface area contributed by atoms with Gasteiger partial charge in [-0.15, -0.1) is 0 Å². The third-order valence-electron chi connectivity index (χ3n) is 6.81. The normalized spacial score (nSPS) is 18.1. The van der Waals surface area contributed by atoms with Gasteiger partial charge in [0.05, 0.1) is 0 Å². The number of para-hydroxylation sites is 1. The standard InChI is InChI=1S/C28H30N4O3/c1-20-7-2-3-11-24(20)35-27-26(29-13-14-30-27)23-10-5-16-32(19-23)28(34)22-9-4-8-21(17-22)18-31-15-6-12-25(31)33/h2-4,7-9,11,13-14,17,23H,5-6,10,12,15-16,18-19H2,1H3. The van der Waals surface area contributed by atoms with Crippen molar-refractivity contribution in [1.82, 2.24) is 19.8 Å². The zero-order chi connectivity index (χ0) is 24.2. The Morgan fingerprint density at radius 1 is 1.06 bits per heavy atom. The number of benzene rings is 2. The number of hydrogen-bond donors (Lipinski definition) is 0. The molecule has 2 aliphatic rings. The first-order valence-corrected chi connectivity index (χ1v) is 12.3. The number of nitrogens with zero attached hydrogens (tertiary/aromatic N) is 4. The molecule has 0 aliphatic carbocycles. The highest BCUT2D eigenvalue weighted by atomic mass is 16.5. The molecule has 2 amide bonds. The van der Waals surface area contributed by atoms with Crippen molar-refractivity contribution in [3.05, 3.63) is 83.3 Å². The van der Waals surface area contributed by atoms with Gasteiger partial charge in [-0.1, -0.05) is 30.3 Å². The van der Waals surface area contributed by atoms with Crippen LogP contribution >= 0.6 is 0 Å². The molecule has 5 rings (SSSR count). The molecular formula is C28H30N4O3. The maximum Gasteiger partial charge on any atom is 0.253 e. The minimum absolute atomic E-state index is 0.00885. The third kappa shape index (κ3) is 5.19. The van der Waals surface area contributed by atoms with Crippen molar-refractivity contribution >= 4 is 11.8 Å². The van der Waals surface area contributed by atoms with E-state index in [0.29, 0.717) is 37.5 Å². The van der Waals surface area contributed by atoms with Gasteiger partial charge in [0.2, 0.25) is 11.8 Å². The molecule has 2 aromatic carbocycles. The Hall–Kier alpha value is -3.74. The van der Waals surface area contributed by atoms with Crippen LogP contribution in [0.25, 0.3) is 0 Å². The Bertz CT molecular complexity index is 1230. The number of hydrogen-bond acceptors (Lipinski definition) is 5. The Labute approximate surface area is 205 Å². The highest BCUT2D eigenvalue weighted by Crippen LogP contribution is 2.34. The van der Waals surface area contributed by atoms with Crippen molar-refractivity contribution in [2.24, 2.45) is 0 Å². The molecule has 2 aliphatic heterocycles. The highest BCUT2D eigenvalue weighted by molar-refractivity contribution is 5.94. The summed E-state index contributed by atoms with van der Waals surface area (Å²) in [5.41, 5.74) is 3.46. The van der Waals surface area contributed by atoms with Crippen LogP contribution in [0, 0.1) is 6.92 Å². The largest absolute Gasteiger partial charge is 0.437 e. The second-order valence-electron chi connectivity index (χ2n) is 9.32. The van der Waals surface area contributed by atoms with E-state index in [2.05, 4.69) is 9.97 Å². The van der Waals surface area contributed by atoms with E-state index < -0.39 is 0 Å². The topological polar surface area (TPSA) is 75.6 Å². The molecule has 7 nitrogen and oxygen atoms in total. The smallest absolute Gasteiger partial charge is 0.253 e. The number of carbonyl (C=O) groups is 2. The summed E-state index contributed by atoms with van der Waals surface area (Å²) in [6.45, 7) is 4.62. The highest BCUT2D eigenvalue weighted by Gasteiger charge is 2.29. The first-order chi connectivity index (χ1) is 17.1. The van der Waals surface area contributed by atoms with Crippen LogP contribution < -0.4 is 4.74 Å². The van der Waals surface area contributed by atoms with Crippen molar-refractivity contribution in [2.75, 3.05) is 19.6 Å². The van der Waals surface area contributed by atoms with E-state index in [1.165, 1.54) is 0 Å². The summed E-state index contributed by atoms with van der Waals surface area (Å²) in [5, 5.41) is 0. The molecule has 2 fully saturated rings. The predicted octanol–water partition coefficient (Wildman–Crippen LogP) is 4.72. The van der Waals surface area contributed by atoms with Crippen molar-refractivity contribution in [2.45, 2.75) is 45.1 Å². The van der Waals surface area contributed by atoms with Gasteiger partial charge in [0, 0.05) is 56.5 Å². The van der Waals surface area contributed by atoms with E-state index in [0.717, 1.165) is 48.4 Å². The summed E-state index contributed by atoms with van der Waals surface area (Å²) in [4.78, 5) is 38.3. The Kier molecular flexibility index (Phi) is 6.75. The van der Waals surface area contributed by atoms with Crippen LogP contribution in [0.5, 0.6) is 11.6 Å². The van der Waals surface area contributed by atoms with Crippen molar-refractivity contribution in [3.63, 3.8) is 0 Å². The van der Waals surface area contributed by atoms with E-state index in [9.17, 15) is 9.59 Å². The zero-order valence-corrected chi connectivity index (χ0v) is 20.0. The molecule has 3 heterocycles. The molecule has 3 aromatic rings. The molecule has 0 saturated carbocycles. The van der Waals surface area contributed by atoms with Gasteiger partial charge in [0.1, 0.15) is 11.4 Å². The quantitative estimate of drug-likeness (QED) is 0.521. The fourth-order valence-electron chi connectivity index (χ4n) is 4.93. The molecule has 1 unspecified atom stereocenters. The van der Waals surface area contributed by atoms with Crippen LogP contribution in [0.2, 0.25) is 0 Å². The SMILES string of the molecule is Cc1ccccc1Oc1nccnc1C1CCCN(C(=O)c2cccc(CN3CCCC3=O)c2)C1. The maximum atomic E-state index is 13.4. The molecule has 35 heavy (non-hydrogen) atoms. The lowest BCUT2D eigenvalue weighted by Gasteiger charge is -2.33. The minimum Gasteiger partial charge on any atom is -0.437 e. The molecule has 0 spiro atoms. The molecule has 7 heteroatoms. The van der Waals surface area contributed by atoms with Crippen molar-refractivity contribution < 1.29 is 14.3 Å². The molecule has 0 N–H and O–H groups in total. The number of aromatic nitrogens is 2. The van der Waals surface area contributed by atoms with Crippen LogP contribution in [-0.4, -0.2) is 51.2 Å². The van der Waals surface area contributed by atoms with Gasteiger partial charge < -0.3 is 14.5 Å². The molecule has 1 atom stereocenters.